The summed E-state index contributed by atoms with van der Waals surface area (Å²) in [5.74, 6) is -0.562. The largest absolute Gasteiger partial charge is 0.466 e. The average molecular weight is 298 g/mol. The summed E-state index contributed by atoms with van der Waals surface area (Å²) in [5, 5.41) is 2.83. The summed E-state index contributed by atoms with van der Waals surface area (Å²) in [6.07, 6.45) is 3.45. The lowest BCUT2D eigenvalue weighted by Gasteiger charge is -2.36. The number of rotatable bonds is 6. The molecule has 1 aliphatic rings. The number of nitrogens with two attached hydrogens (primary N) is 1. The molecule has 0 aromatic heterocycles. The zero-order valence-corrected chi connectivity index (χ0v) is 13.2. The van der Waals surface area contributed by atoms with Crippen molar-refractivity contribution < 1.29 is 19.1 Å². The van der Waals surface area contributed by atoms with Crippen molar-refractivity contribution in [3.8, 4) is 0 Å². The summed E-state index contributed by atoms with van der Waals surface area (Å²) in [6.45, 7) is 5.52. The summed E-state index contributed by atoms with van der Waals surface area (Å²) in [7, 11) is 1.34. The fourth-order valence-electron chi connectivity index (χ4n) is 2.53. The molecule has 0 fully saturated rings. The van der Waals surface area contributed by atoms with Crippen LogP contribution in [0.4, 0.5) is 0 Å². The van der Waals surface area contributed by atoms with Gasteiger partial charge in [0.05, 0.1) is 25.4 Å². The number of hydrogen-bond donors (Lipinski definition) is 2. The van der Waals surface area contributed by atoms with Crippen LogP contribution in [0.3, 0.4) is 0 Å². The van der Waals surface area contributed by atoms with Crippen molar-refractivity contribution in [3.05, 3.63) is 11.6 Å². The van der Waals surface area contributed by atoms with Crippen LogP contribution in [0.25, 0.3) is 0 Å². The molecule has 0 saturated carbocycles. The van der Waals surface area contributed by atoms with E-state index >= 15 is 0 Å². The third-order valence-corrected chi connectivity index (χ3v) is 3.71. The van der Waals surface area contributed by atoms with E-state index in [9.17, 15) is 9.59 Å². The summed E-state index contributed by atoms with van der Waals surface area (Å²) in [6, 6.07) is -0.719. The Bertz CT molecular complexity index is 404. The van der Waals surface area contributed by atoms with Gasteiger partial charge in [-0.1, -0.05) is 13.8 Å². The van der Waals surface area contributed by atoms with Crippen molar-refractivity contribution in [2.75, 3.05) is 7.11 Å². The number of amides is 1. The summed E-state index contributed by atoms with van der Waals surface area (Å²) >= 11 is 0. The lowest BCUT2D eigenvalue weighted by molar-refractivity contribution is -0.136. The van der Waals surface area contributed by atoms with Gasteiger partial charge >= 0.3 is 5.97 Å². The topological polar surface area (TPSA) is 90.7 Å². The highest BCUT2D eigenvalue weighted by Crippen LogP contribution is 2.23. The Morgan fingerprint density at radius 3 is 2.52 bits per heavy atom. The first-order chi connectivity index (χ1) is 9.92. The van der Waals surface area contributed by atoms with Crippen LogP contribution in [0, 0.1) is 0 Å². The van der Waals surface area contributed by atoms with E-state index < -0.39 is 12.1 Å². The highest BCUT2D eigenvalue weighted by atomic mass is 16.5. The van der Waals surface area contributed by atoms with Gasteiger partial charge in [-0.2, -0.15) is 0 Å². The van der Waals surface area contributed by atoms with Crippen molar-refractivity contribution in [2.45, 2.75) is 64.3 Å². The van der Waals surface area contributed by atoms with Crippen LogP contribution in [-0.4, -0.2) is 43.3 Å². The molecule has 1 aliphatic carbocycles. The minimum atomic E-state index is -0.420. The molecule has 1 rings (SSSR count). The number of carbonyl (C=O) groups is 2. The van der Waals surface area contributed by atoms with E-state index in [-0.39, 0.29) is 24.1 Å². The van der Waals surface area contributed by atoms with E-state index in [4.69, 9.17) is 15.2 Å². The Hall–Kier alpha value is -1.40. The van der Waals surface area contributed by atoms with E-state index in [1.54, 1.807) is 6.08 Å². The van der Waals surface area contributed by atoms with E-state index in [1.807, 2.05) is 13.8 Å². The Morgan fingerprint density at radius 1 is 1.43 bits per heavy atom. The fourth-order valence-corrected chi connectivity index (χ4v) is 2.53. The molecule has 120 valence electrons. The number of hydrogen-bond acceptors (Lipinski definition) is 5. The van der Waals surface area contributed by atoms with Crippen molar-refractivity contribution in [1.29, 1.82) is 0 Å². The maximum Gasteiger partial charge on any atom is 0.333 e. The van der Waals surface area contributed by atoms with Gasteiger partial charge in [0.2, 0.25) is 5.91 Å². The zero-order chi connectivity index (χ0) is 16.0. The first kappa shape index (κ1) is 17.7. The van der Waals surface area contributed by atoms with Gasteiger partial charge in [-0.05, 0) is 25.3 Å². The molecule has 3 unspecified atom stereocenters. The van der Waals surface area contributed by atoms with E-state index in [2.05, 4.69) is 5.32 Å². The molecule has 0 bridgehead atoms. The Morgan fingerprint density at radius 2 is 2.05 bits per heavy atom. The minimum Gasteiger partial charge on any atom is -0.466 e. The normalized spacial score (nSPS) is 25.4. The van der Waals surface area contributed by atoms with Crippen molar-refractivity contribution in [1.82, 2.24) is 5.32 Å². The van der Waals surface area contributed by atoms with Crippen LogP contribution in [0.5, 0.6) is 0 Å². The second-order valence-electron chi connectivity index (χ2n) is 5.32. The van der Waals surface area contributed by atoms with Crippen molar-refractivity contribution in [3.63, 3.8) is 0 Å². The minimum absolute atomic E-state index is 0.0618. The van der Waals surface area contributed by atoms with Crippen LogP contribution in [0.15, 0.2) is 11.6 Å². The third kappa shape index (κ3) is 4.82. The predicted octanol–water partition coefficient (Wildman–Crippen LogP) is 0.895. The molecule has 6 heteroatoms. The molecule has 6 nitrogen and oxygen atoms in total. The number of esters is 1. The number of nitrogens with one attached hydrogen (secondary N) is 1. The first-order valence-corrected chi connectivity index (χ1v) is 7.40. The van der Waals surface area contributed by atoms with Crippen LogP contribution in [0.2, 0.25) is 0 Å². The molecule has 0 saturated heterocycles. The molecule has 0 aromatic rings. The summed E-state index contributed by atoms with van der Waals surface area (Å²) in [5.41, 5.74) is 6.62. The predicted molar refractivity (Wildman–Crippen MR) is 79.5 cm³/mol. The number of ether oxygens (including phenoxy) is 2. The lowest BCUT2D eigenvalue weighted by Crippen LogP contribution is -2.57. The Kier molecular flexibility index (Phi) is 6.84. The zero-order valence-electron chi connectivity index (χ0n) is 13.2. The highest BCUT2D eigenvalue weighted by Gasteiger charge is 2.35. The molecule has 0 spiro atoms. The molecular formula is C15H26N2O4. The monoisotopic (exact) mass is 298 g/mol. The molecule has 0 aromatic carbocycles. The molecular weight excluding hydrogens is 272 g/mol. The Balaban J connectivity index is 2.99. The third-order valence-electron chi connectivity index (χ3n) is 3.71. The van der Waals surface area contributed by atoms with Gasteiger partial charge in [0, 0.05) is 18.5 Å². The maximum absolute atomic E-state index is 11.7. The molecule has 0 heterocycles. The van der Waals surface area contributed by atoms with E-state index in [0.29, 0.717) is 12.0 Å². The van der Waals surface area contributed by atoms with Crippen LogP contribution >= 0.6 is 0 Å². The van der Waals surface area contributed by atoms with Gasteiger partial charge in [0.15, 0.2) is 0 Å². The van der Waals surface area contributed by atoms with Crippen molar-refractivity contribution in [2.24, 2.45) is 5.73 Å². The standard InChI is InChI=1S/C15H26N2O4/c1-5-11(6-2)21-13-8-10(15(19)20-4)7-12(16)14(13)17-9(3)18/h8,11-14H,5-7,16H2,1-4H3,(H,17,18). The summed E-state index contributed by atoms with van der Waals surface area (Å²) in [4.78, 5) is 23.1. The van der Waals surface area contributed by atoms with Gasteiger partial charge < -0.3 is 20.5 Å². The fraction of sp³-hybridized carbons (Fsp3) is 0.733. The molecule has 3 N–H and O–H groups in total. The van der Waals surface area contributed by atoms with Crippen molar-refractivity contribution >= 4 is 11.9 Å². The lowest BCUT2D eigenvalue weighted by atomic mass is 9.88. The molecule has 0 radical (unpaired) electrons. The quantitative estimate of drug-likeness (QED) is 0.711. The van der Waals surface area contributed by atoms with Gasteiger partial charge in [-0.15, -0.1) is 0 Å². The summed E-state index contributed by atoms with van der Waals surface area (Å²) < 4.78 is 10.8. The van der Waals surface area contributed by atoms with E-state index in [0.717, 1.165) is 12.8 Å². The highest BCUT2D eigenvalue weighted by molar-refractivity contribution is 5.89. The van der Waals surface area contributed by atoms with Crippen LogP contribution in [-0.2, 0) is 19.1 Å². The van der Waals surface area contributed by atoms with Crippen LogP contribution in [0.1, 0.15) is 40.0 Å². The molecule has 21 heavy (non-hydrogen) atoms. The van der Waals surface area contributed by atoms with Gasteiger partial charge in [-0.25, -0.2) is 4.79 Å². The first-order valence-electron chi connectivity index (χ1n) is 7.40. The average Bonchev–Trinajstić information content (AvgIpc) is 2.46. The van der Waals surface area contributed by atoms with E-state index in [1.165, 1.54) is 14.0 Å². The van der Waals surface area contributed by atoms with Crippen LogP contribution < -0.4 is 11.1 Å². The Labute approximate surface area is 126 Å². The SMILES string of the molecule is CCC(CC)OC1C=C(C(=O)OC)CC(N)C1NC(C)=O. The molecule has 0 aliphatic heterocycles. The second-order valence-corrected chi connectivity index (χ2v) is 5.32. The van der Waals surface area contributed by atoms with Gasteiger partial charge in [0.1, 0.15) is 0 Å². The second kappa shape index (κ2) is 8.14. The number of methoxy groups -OCH3 is 1. The number of carbonyl (C=O) groups excluding carboxylic acids is 2. The maximum atomic E-state index is 11.7. The molecule has 1 amide bonds. The van der Waals surface area contributed by atoms with Gasteiger partial charge in [0.25, 0.3) is 0 Å². The molecule has 3 atom stereocenters. The smallest absolute Gasteiger partial charge is 0.333 e. The van der Waals surface area contributed by atoms with Gasteiger partial charge in [-0.3, -0.25) is 4.79 Å².